The van der Waals surface area contributed by atoms with Crippen molar-refractivity contribution in [2.45, 2.75) is 0 Å². The van der Waals surface area contributed by atoms with Crippen LogP contribution in [0.15, 0.2) is 33.9 Å². The number of aromatic nitrogens is 2. The number of hydrogen-bond acceptors (Lipinski definition) is 4. The molecule has 0 saturated carbocycles. The summed E-state index contributed by atoms with van der Waals surface area (Å²) in [4.78, 5) is 22.9. The molecule has 0 radical (unpaired) electrons. The van der Waals surface area contributed by atoms with Crippen LogP contribution in [0.2, 0.25) is 0 Å². The van der Waals surface area contributed by atoms with E-state index < -0.39 is 0 Å². The Bertz CT molecular complexity index is 702. The first-order valence-corrected chi connectivity index (χ1v) is 5.46. The van der Waals surface area contributed by atoms with Gasteiger partial charge in [0, 0.05) is 6.07 Å². The zero-order valence-corrected chi connectivity index (χ0v) is 9.36. The molecule has 1 aromatic heterocycles. The molecule has 0 amide bonds. The number of benzene rings is 1. The summed E-state index contributed by atoms with van der Waals surface area (Å²) in [7, 11) is 0. The number of fused-ring (bicyclic) bond motifs is 1. The summed E-state index contributed by atoms with van der Waals surface area (Å²) in [6.45, 7) is 0.986. The molecule has 0 atom stereocenters. The molecule has 3 rings (SSSR count). The largest absolute Gasteiger partial charge is 0.486 e. The maximum atomic E-state index is 11.6. The number of rotatable bonds is 1. The van der Waals surface area contributed by atoms with Crippen molar-refractivity contribution in [2.24, 2.45) is 0 Å². The van der Waals surface area contributed by atoms with E-state index in [1.807, 2.05) is 0 Å². The fraction of sp³-hybridized carbons (Fsp3) is 0.167. The molecule has 18 heavy (non-hydrogen) atoms. The number of H-pyrrole nitrogens is 2. The molecule has 0 bridgehead atoms. The molecular formula is C12H10N2O4. The van der Waals surface area contributed by atoms with Gasteiger partial charge in [0.1, 0.15) is 13.2 Å². The molecule has 1 aliphatic rings. The molecule has 2 aromatic rings. The highest BCUT2D eigenvalue weighted by Crippen LogP contribution is 2.33. The van der Waals surface area contributed by atoms with Crippen LogP contribution in [-0.2, 0) is 0 Å². The van der Waals surface area contributed by atoms with Crippen molar-refractivity contribution < 1.29 is 9.47 Å². The van der Waals surface area contributed by atoms with Gasteiger partial charge in [-0.2, -0.15) is 0 Å². The van der Waals surface area contributed by atoms with Crippen LogP contribution >= 0.6 is 0 Å². The van der Waals surface area contributed by atoms with Gasteiger partial charge in [-0.05, 0) is 17.7 Å². The summed E-state index contributed by atoms with van der Waals surface area (Å²) in [5.74, 6) is 1.23. The van der Waals surface area contributed by atoms with E-state index in [1.165, 1.54) is 6.07 Å². The zero-order chi connectivity index (χ0) is 12.5. The third kappa shape index (κ3) is 1.77. The van der Waals surface area contributed by atoms with E-state index in [4.69, 9.17) is 9.47 Å². The molecule has 1 aromatic carbocycles. The van der Waals surface area contributed by atoms with Crippen molar-refractivity contribution in [1.29, 1.82) is 0 Å². The Morgan fingerprint density at radius 1 is 0.944 bits per heavy atom. The molecule has 6 heteroatoms. The fourth-order valence-electron chi connectivity index (χ4n) is 1.84. The van der Waals surface area contributed by atoms with Crippen molar-refractivity contribution in [3.8, 4) is 22.6 Å². The lowest BCUT2D eigenvalue weighted by Gasteiger charge is -2.18. The van der Waals surface area contributed by atoms with E-state index in [-0.39, 0.29) is 11.1 Å². The van der Waals surface area contributed by atoms with Crippen LogP contribution in [0.25, 0.3) is 11.1 Å². The summed E-state index contributed by atoms with van der Waals surface area (Å²) in [6, 6.07) is 6.39. The van der Waals surface area contributed by atoms with Crippen LogP contribution in [0, 0.1) is 0 Å². The summed E-state index contributed by atoms with van der Waals surface area (Å²) in [5, 5.41) is 4.50. The Hall–Kier alpha value is -2.50. The monoisotopic (exact) mass is 246 g/mol. The Morgan fingerprint density at radius 2 is 1.72 bits per heavy atom. The number of ether oxygens (including phenoxy) is 2. The maximum absolute atomic E-state index is 11.6. The highest BCUT2D eigenvalue weighted by Gasteiger charge is 2.13. The molecule has 92 valence electrons. The van der Waals surface area contributed by atoms with Crippen molar-refractivity contribution >= 4 is 0 Å². The summed E-state index contributed by atoms with van der Waals surface area (Å²) in [6.07, 6.45) is 0. The van der Waals surface area contributed by atoms with Crippen molar-refractivity contribution in [3.05, 3.63) is 45.0 Å². The zero-order valence-electron chi connectivity index (χ0n) is 9.36. The number of nitrogens with one attached hydrogen (secondary N) is 2. The fourth-order valence-corrected chi connectivity index (χ4v) is 1.84. The van der Waals surface area contributed by atoms with Crippen LogP contribution in [-0.4, -0.2) is 23.4 Å². The topological polar surface area (TPSA) is 84.2 Å². The average Bonchev–Trinajstić information content (AvgIpc) is 2.41. The second-order valence-electron chi connectivity index (χ2n) is 3.86. The first-order valence-electron chi connectivity index (χ1n) is 5.46. The van der Waals surface area contributed by atoms with Gasteiger partial charge in [-0.3, -0.25) is 19.8 Å². The first-order chi connectivity index (χ1) is 8.74. The summed E-state index contributed by atoms with van der Waals surface area (Å²) < 4.78 is 10.8. The lowest BCUT2D eigenvalue weighted by atomic mass is 10.1. The maximum Gasteiger partial charge on any atom is 0.270 e. The van der Waals surface area contributed by atoms with Crippen LogP contribution in [0.3, 0.4) is 0 Å². The first kappa shape index (κ1) is 10.6. The second kappa shape index (κ2) is 4.06. The predicted octanol–water partition coefficient (Wildman–Crippen LogP) is 0.501. The van der Waals surface area contributed by atoms with Crippen LogP contribution in [0.5, 0.6) is 11.5 Å². The van der Waals surface area contributed by atoms with Crippen molar-refractivity contribution in [1.82, 2.24) is 10.2 Å². The Kier molecular flexibility index (Phi) is 2.40. The van der Waals surface area contributed by atoms with E-state index >= 15 is 0 Å². The quantitative estimate of drug-likeness (QED) is 0.767. The molecule has 0 saturated heterocycles. The Labute approximate surface area is 101 Å². The third-order valence-corrected chi connectivity index (χ3v) is 2.67. The van der Waals surface area contributed by atoms with Gasteiger partial charge < -0.3 is 9.47 Å². The Morgan fingerprint density at radius 3 is 2.56 bits per heavy atom. The molecule has 2 heterocycles. The van der Waals surface area contributed by atoms with Gasteiger partial charge in [0.15, 0.2) is 11.5 Å². The minimum absolute atomic E-state index is 0.302. The van der Waals surface area contributed by atoms with Gasteiger partial charge in [0.25, 0.3) is 11.1 Å². The minimum Gasteiger partial charge on any atom is -0.486 e. The van der Waals surface area contributed by atoms with E-state index in [0.717, 1.165) is 0 Å². The minimum atomic E-state index is -0.362. The van der Waals surface area contributed by atoms with E-state index in [1.54, 1.807) is 18.2 Å². The van der Waals surface area contributed by atoms with E-state index in [2.05, 4.69) is 10.2 Å². The smallest absolute Gasteiger partial charge is 0.270 e. The molecule has 0 aliphatic carbocycles. The molecule has 2 N–H and O–H groups in total. The van der Waals surface area contributed by atoms with Crippen molar-refractivity contribution in [2.75, 3.05) is 13.2 Å². The molecule has 0 spiro atoms. The van der Waals surface area contributed by atoms with Gasteiger partial charge >= 0.3 is 0 Å². The molecule has 0 unspecified atom stereocenters. The van der Waals surface area contributed by atoms with Gasteiger partial charge in [-0.1, -0.05) is 6.07 Å². The van der Waals surface area contributed by atoms with Crippen molar-refractivity contribution in [3.63, 3.8) is 0 Å². The third-order valence-electron chi connectivity index (χ3n) is 2.67. The normalized spacial score (nSPS) is 13.3. The van der Waals surface area contributed by atoms with Gasteiger partial charge in [0.05, 0.1) is 5.56 Å². The predicted molar refractivity (Wildman–Crippen MR) is 64.1 cm³/mol. The Balaban J connectivity index is 2.14. The molecule has 6 nitrogen and oxygen atoms in total. The van der Waals surface area contributed by atoms with Crippen LogP contribution < -0.4 is 20.6 Å². The van der Waals surface area contributed by atoms with Crippen LogP contribution in [0.1, 0.15) is 0 Å². The second-order valence-corrected chi connectivity index (χ2v) is 3.86. The summed E-state index contributed by atoms with van der Waals surface area (Å²) >= 11 is 0. The van der Waals surface area contributed by atoms with Gasteiger partial charge in [-0.25, -0.2) is 0 Å². The average molecular weight is 246 g/mol. The molecule has 0 fully saturated rings. The molecular weight excluding hydrogens is 236 g/mol. The van der Waals surface area contributed by atoms with E-state index in [0.29, 0.717) is 35.8 Å². The highest BCUT2D eigenvalue weighted by atomic mass is 16.6. The SMILES string of the molecule is O=c1cc(-c2ccc3c(c2)OCCO3)c(=O)[nH][nH]1. The van der Waals surface area contributed by atoms with E-state index in [9.17, 15) is 9.59 Å². The number of aromatic amines is 2. The standard InChI is InChI=1S/C12H10N2O4/c15-11-6-8(12(16)14-13-11)7-1-2-9-10(5-7)18-4-3-17-9/h1-2,5-6H,3-4H2,(H,13,15)(H,14,16). The van der Waals surface area contributed by atoms with Gasteiger partial charge in [-0.15, -0.1) is 0 Å². The molecule has 1 aliphatic heterocycles. The lowest BCUT2D eigenvalue weighted by Crippen LogP contribution is -2.19. The van der Waals surface area contributed by atoms with Gasteiger partial charge in [0.2, 0.25) is 0 Å². The highest BCUT2D eigenvalue weighted by molar-refractivity contribution is 5.66. The lowest BCUT2D eigenvalue weighted by molar-refractivity contribution is 0.171. The number of hydrogen-bond donors (Lipinski definition) is 2. The van der Waals surface area contributed by atoms with Crippen LogP contribution in [0.4, 0.5) is 0 Å². The summed E-state index contributed by atoms with van der Waals surface area (Å²) in [5.41, 5.74) is 0.202.